The maximum atomic E-state index is 13.3. The van der Waals surface area contributed by atoms with E-state index in [9.17, 15) is 13.2 Å². The Hall–Kier alpha value is -3.30. The van der Waals surface area contributed by atoms with Crippen LogP contribution < -0.4 is 14.8 Å². The summed E-state index contributed by atoms with van der Waals surface area (Å²) < 4.78 is 44.8. The second-order valence-electron chi connectivity index (χ2n) is 7.89. The highest BCUT2D eigenvalue weighted by molar-refractivity contribution is 7.89. The zero-order chi connectivity index (χ0) is 24.0. The Kier molecular flexibility index (Phi) is 7.54. The first kappa shape index (κ1) is 23.8. The number of nitrogens with one attached hydrogen (secondary N) is 1. The maximum absolute atomic E-state index is 13.3. The summed E-state index contributed by atoms with van der Waals surface area (Å²) in [6.45, 7) is 3.22. The predicted molar refractivity (Wildman–Crippen MR) is 128 cm³/mol. The molecule has 2 heterocycles. The monoisotopic (exact) mass is 484 g/mol. The van der Waals surface area contributed by atoms with Gasteiger partial charge in [-0.15, -0.1) is 0 Å². The Morgan fingerprint density at radius 3 is 2.53 bits per heavy atom. The van der Waals surface area contributed by atoms with Crippen molar-refractivity contribution in [2.45, 2.75) is 37.7 Å². The van der Waals surface area contributed by atoms with Gasteiger partial charge in [-0.05, 0) is 56.2 Å². The van der Waals surface area contributed by atoms with Crippen LogP contribution >= 0.6 is 0 Å². The molecule has 2 aromatic carbocycles. The number of sulfonamides is 1. The number of nitrogens with zero attached hydrogens (tertiary/aromatic N) is 1. The molecule has 9 heteroatoms. The third kappa shape index (κ3) is 5.43. The van der Waals surface area contributed by atoms with Crippen LogP contribution in [0.1, 0.15) is 42.3 Å². The number of piperidine rings is 1. The molecule has 0 radical (unpaired) electrons. The van der Waals surface area contributed by atoms with Crippen LogP contribution in [-0.2, 0) is 16.6 Å². The van der Waals surface area contributed by atoms with Gasteiger partial charge in [0.1, 0.15) is 23.0 Å². The van der Waals surface area contributed by atoms with Gasteiger partial charge in [-0.2, -0.15) is 4.31 Å². The number of para-hydroxylation sites is 1. The number of furan rings is 1. The Morgan fingerprint density at radius 1 is 1.03 bits per heavy atom. The van der Waals surface area contributed by atoms with Gasteiger partial charge in [0.25, 0.3) is 5.91 Å². The van der Waals surface area contributed by atoms with E-state index in [0.717, 1.165) is 19.3 Å². The second-order valence-corrected chi connectivity index (χ2v) is 9.80. The predicted octanol–water partition coefficient (Wildman–Crippen LogP) is 4.68. The molecule has 1 aliphatic rings. The van der Waals surface area contributed by atoms with Crippen molar-refractivity contribution in [1.82, 2.24) is 4.31 Å². The number of anilines is 1. The molecule has 0 atom stereocenters. The number of ether oxygens (including phenoxy) is 2. The minimum Gasteiger partial charge on any atom is -0.492 e. The van der Waals surface area contributed by atoms with Crippen LogP contribution in [0.3, 0.4) is 0 Å². The van der Waals surface area contributed by atoms with Crippen molar-refractivity contribution in [3.63, 3.8) is 0 Å². The minimum absolute atomic E-state index is 0.0427. The quantitative estimate of drug-likeness (QED) is 0.473. The molecule has 180 valence electrons. The first-order chi connectivity index (χ1) is 16.5. The van der Waals surface area contributed by atoms with E-state index in [2.05, 4.69) is 5.32 Å². The molecule has 0 aliphatic carbocycles. The topological polar surface area (TPSA) is 98.1 Å². The highest BCUT2D eigenvalue weighted by atomic mass is 32.2. The highest BCUT2D eigenvalue weighted by Gasteiger charge is 2.29. The zero-order valence-corrected chi connectivity index (χ0v) is 19.8. The lowest BCUT2D eigenvalue weighted by Crippen LogP contribution is -2.35. The number of hydrogen-bond acceptors (Lipinski definition) is 6. The summed E-state index contributed by atoms with van der Waals surface area (Å²) in [4.78, 5) is 13.0. The van der Waals surface area contributed by atoms with Crippen molar-refractivity contribution in [1.29, 1.82) is 0 Å². The molecular formula is C25H28N2O6S. The Balaban J connectivity index is 1.53. The van der Waals surface area contributed by atoms with Crippen LogP contribution in [0.25, 0.3) is 0 Å². The van der Waals surface area contributed by atoms with Crippen LogP contribution in [0, 0.1) is 0 Å². The lowest BCUT2D eigenvalue weighted by molar-refractivity contribution is 0.0993. The molecule has 1 aliphatic heterocycles. The standard InChI is InChI=1S/C25H28N2O6S/c1-2-31-22-12-11-20(17-23(22)34(29,30)27-14-7-4-8-15-27)26-25(28)24-19(13-16-32-24)18-33-21-9-5-3-6-10-21/h3,5-6,9-13,16-17H,2,4,7-8,14-15,18H2,1H3,(H,26,28). The van der Waals surface area contributed by atoms with Gasteiger partial charge < -0.3 is 19.2 Å². The molecular weight excluding hydrogens is 456 g/mol. The van der Waals surface area contributed by atoms with E-state index in [4.69, 9.17) is 13.9 Å². The van der Waals surface area contributed by atoms with E-state index in [1.807, 2.05) is 30.3 Å². The average molecular weight is 485 g/mol. The van der Waals surface area contributed by atoms with Gasteiger partial charge in [0.15, 0.2) is 5.76 Å². The lowest BCUT2D eigenvalue weighted by Gasteiger charge is -2.27. The molecule has 1 aromatic heterocycles. The van der Waals surface area contributed by atoms with Crippen molar-refractivity contribution in [2.24, 2.45) is 0 Å². The average Bonchev–Trinajstić information content (AvgIpc) is 3.34. The molecule has 1 N–H and O–H groups in total. The number of carbonyl (C=O) groups excluding carboxylic acids is 1. The molecule has 0 bridgehead atoms. The Morgan fingerprint density at radius 2 is 1.79 bits per heavy atom. The molecule has 34 heavy (non-hydrogen) atoms. The van der Waals surface area contributed by atoms with Crippen LogP contribution in [-0.4, -0.2) is 38.3 Å². The summed E-state index contributed by atoms with van der Waals surface area (Å²) in [6, 6.07) is 15.5. The summed E-state index contributed by atoms with van der Waals surface area (Å²) >= 11 is 0. The normalized spacial score (nSPS) is 14.5. The third-order valence-electron chi connectivity index (χ3n) is 5.52. The molecule has 4 rings (SSSR count). The van der Waals surface area contributed by atoms with Crippen molar-refractivity contribution < 1.29 is 27.1 Å². The summed E-state index contributed by atoms with van der Waals surface area (Å²) in [6.07, 6.45) is 4.08. The first-order valence-corrected chi connectivity index (χ1v) is 12.8. The third-order valence-corrected chi connectivity index (χ3v) is 7.44. The maximum Gasteiger partial charge on any atom is 0.291 e. The second kappa shape index (κ2) is 10.8. The summed E-state index contributed by atoms with van der Waals surface area (Å²) in [7, 11) is -3.76. The highest BCUT2D eigenvalue weighted by Crippen LogP contribution is 2.32. The van der Waals surface area contributed by atoms with Gasteiger partial charge in [0.05, 0.1) is 12.9 Å². The van der Waals surface area contributed by atoms with E-state index >= 15 is 0 Å². The van der Waals surface area contributed by atoms with E-state index in [-0.39, 0.29) is 23.0 Å². The van der Waals surface area contributed by atoms with Crippen LogP contribution in [0.15, 0.2) is 70.2 Å². The summed E-state index contributed by atoms with van der Waals surface area (Å²) in [5, 5.41) is 2.74. The smallest absolute Gasteiger partial charge is 0.291 e. The van der Waals surface area contributed by atoms with Gasteiger partial charge in [-0.25, -0.2) is 8.42 Å². The SMILES string of the molecule is CCOc1ccc(NC(=O)c2occc2COc2ccccc2)cc1S(=O)(=O)N1CCCCC1. The van der Waals surface area contributed by atoms with Gasteiger partial charge >= 0.3 is 0 Å². The van der Waals surface area contributed by atoms with Gasteiger partial charge in [-0.1, -0.05) is 24.6 Å². The van der Waals surface area contributed by atoms with Crippen molar-refractivity contribution in [3.8, 4) is 11.5 Å². The fraction of sp³-hybridized carbons (Fsp3) is 0.320. The molecule has 1 saturated heterocycles. The van der Waals surface area contributed by atoms with Crippen molar-refractivity contribution in [2.75, 3.05) is 25.0 Å². The summed E-state index contributed by atoms with van der Waals surface area (Å²) in [5.74, 6) is 0.544. The number of amides is 1. The molecule has 1 amide bonds. The molecule has 0 spiro atoms. The molecule has 1 fully saturated rings. The van der Waals surface area contributed by atoms with E-state index in [1.165, 1.54) is 16.6 Å². The number of carbonyl (C=O) groups is 1. The summed E-state index contributed by atoms with van der Waals surface area (Å²) in [5.41, 5.74) is 0.906. The number of rotatable bonds is 9. The van der Waals surface area contributed by atoms with Crippen molar-refractivity contribution >= 4 is 21.6 Å². The van der Waals surface area contributed by atoms with Gasteiger partial charge in [-0.3, -0.25) is 4.79 Å². The van der Waals surface area contributed by atoms with E-state index < -0.39 is 15.9 Å². The molecule has 3 aromatic rings. The Bertz CT molecular complexity index is 1220. The minimum atomic E-state index is -3.76. The lowest BCUT2D eigenvalue weighted by atomic mass is 10.2. The molecule has 0 unspecified atom stereocenters. The van der Waals surface area contributed by atoms with Gasteiger partial charge in [0, 0.05) is 24.3 Å². The number of benzene rings is 2. The fourth-order valence-electron chi connectivity index (χ4n) is 3.82. The van der Waals surface area contributed by atoms with Crippen LogP contribution in [0.2, 0.25) is 0 Å². The largest absolute Gasteiger partial charge is 0.492 e. The molecule has 8 nitrogen and oxygen atoms in total. The number of hydrogen-bond donors (Lipinski definition) is 1. The fourth-order valence-corrected chi connectivity index (χ4v) is 5.49. The van der Waals surface area contributed by atoms with Gasteiger partial charge in [0.2, 0.25) is 10.0 Å². The van der Waals surface area contributed by atoms with Crippen molar-refractivity contribution in [3.05, 3.63) is 72.2 Å². The zero-order valence-electron chi connectivity index (χ0n) is 19.0. The van der Waals surface area contributed by atoms with E-state index in [0.29, 0.717) is 36.7 Å². The van der Waals surface area contributed by atoms with Crippen LogP contribution in [0.4, 0.5) is 5.69 Å². The first-order valence-electron chi connectivity index (χ1n) is 11.3. The van der Waals surface area contributed by atoms with E-state index in [1.54, 1.807) is 25.1 Å². The molecule has 0 saturated carbocycles. The van der Waals surface area contributed by atoms with Crippen LogP contribution in [0.5, 0.6) is 11.5 Å². The Labute approximate surface area is 199 Å².